The smallest absolute Gasteiger partial charge is 0.356 e. The second kappa shape index (κ2) is 9.09. The van der Waals surface area contributed by atoms with Crippen LogP contribution in [0.3, 0.4) is 0 Å². The van der Waals surface area contributed by atoms with Gasteiger partial charge in [-0.15, -0.1) is 0 Å². The second-order valence-electron chi connectivity index (χ2n) is 7.27. The van der Waals surface area contributed by atoms with Crippen LogP contribution >= 0.6 is 0 Å². The van der Waals surface area contributed by atoms with Crippen LogP contribution in [0.15, 0.2) is 18.2 Å². The molecule has 0 bridgehead atoms. The summed E-state index contributed by atoms with van der Waals surface area (Å²) in [6.07, 6.45) is 1.35. The molecule has 0 radical (unpaired) electrons. The number of amides is 1. The highest BCUT2D eigenvalue weighted by Crippen LogP contribution is 2.29. The number of hydrogen-bond donors (Lipinski definition) is 2. The lowest BCUT2D eigenvalue weighted by Gasteiger charge is -2.30. The molecule has 2 heterocycles. The number of nitrogens with one attached hydrogen (secondary N) is 2. The average molecular weight is 401 g/mol. The number of esters is 2. The molecular formula is C21H27N3O5. The molecule has 1 amide bonds. The largest absolute Gasteiger partial charge is 0.466 e. The fourth-order valence-electron chi connectivity index (χ4n) is 3.67. The number of aryl methyl sites for hydroxylation is 1. The van der Waals surface area contributed by atoms with E-state index in [2.05, 4.69) is 10.3 Å². The van der Waals surface area contributed by atoms with Crippen LogP contribution in [0.4, 0.5) is 5.69 Å². The van der Waals surface area contributed by atoms with E-state index in [1.165, 1.54) is 7.11 Å². The molecule has 0 aliphatic carbocycles. The van der Waals surface area contributed by atoms with Crippen LogP contribution in [0, 0.1) is 12.8 Å². The van der Waals surface area contributed by atoms with Gasteiger partial charge in [0.1, 0.15) is 5.69 Å². The summed E-state index contributed by atoms with van der Waals surface area (Å²) in [5.74, 6) is -1.01. The minimum atomic E-state index is -0.538. The number of anilines is 1. The molecule has 2 N–H and O–H groups in total. The van der Waals surface area contributed by atoms with E-state index in [4.69, 9.17) is 9.47 Å². The third-order valence-electron chi connectivity index (χ3n) is 5.18. The Hall–Kier alpha value is -2.87. The number of hydrogen-bond acceptors (Lipinski definition) is 6. The van der Waals surface area contributed by atoms with Crippen molar-refractivity contribution in [3.63, 3.8) is 0 Å². The molecule has 1 saturated heterocycles. The highest BCUT2D eigenvalue weighted by molar-refractivity contribution is 6.11. The summed E-state index contributed by atoms with van der Waals surface area (Å²) in [7, 11) is 1.30. The van der Waals surface area contributed by atoms with Gasteiger partial charge in [-0.25, -0.2) is 4.79 Å². The lowest BCUT2D eigenvalue weighted by Crippen LogP contribution is -2.41. The second-order valence-corrected chi connectivity index (χ2v) is 7.27. The van der Waals surface area contributed by atoms with Gasteiger partial charge >= 0.3 is 11.9 Å². The van der Waals surface area contributed by atoms with E-state index in [0.717, 1.165) is 16.5 Å². The van der Waals surface area contributed by atoms with Gasteiger partial charge in [0.2, 0.25) is 5.91 Å². The summed E-state index contributed by atoms with van der Waals surface area (Å²) >= 11 is 0. The van der Waals surface area contributed by atoms with Crippen molar-refractivity contribution in [2.24, 2.45) is 5.92 Å². The summed E-state index contributed by atoms with van der Waals surface area (Å²) in [6.45, 7) is 5.62. The quantitative estimate of drug-likeness (QED) is 0.721. The first-order valence-electron chi connectivity index (χ1n) is 9.82. The number of aromatic amines is 1. The summed E-state index contributed by atoms with van der Waals surface area (Å²) in [5.41, 5.74) is 2.45. The van der Waals surface area contributed by atoms with Gasteiger partial charge in [-0.05, 0) is 51.4 Å². The molecule has 0 unspecified atom stereocenters. The summed E-state index contributed by atoms with van der Waals surface area (Å²) in [6, 6.07) is 5.71. The van der Waals surface area contributed by atoms with Crippen molar-refractivity contribution < 1.29 is 23.9 Å². The van der Waals surface area contributed by atoms with Crippen LogP contribution in [0.1, 0.15) is 35.8 Å². The van der Waals surface area contributed by atoms with E-state index in [0.29, 0.717) is 38.2 Å². The van der Waals surface area contributed by atoms with Gasteiger partial charge in [0.05, 0.1) is 31.9 Å². The van der Waals surface area contributed by atoms with Crippen LogP contribution < -0.4 is 5.32 Å². The molecule has 8 heteroatoms. The number of ether oxygens (including phenoxy) is 2. The Morgan fingerprint density at radius 1 is 1.24 bits per heavy atom. The first kappa shape index (κ1) is 20.9. The standard InChI is InChI=1S/C21H27N3O5/c1-4-29-20(26)14-7-9-24(10-8-14)12-17(25)23-18-15-6-5-13(2)11-16(15)22-19(18)21(27)28-3/h5-6,11,14,22H,4,7-10,12H2,1-3H3,(H,23,25). The molecule has 0 atom stereocenters. The number of benzene rings is 1. The van der Waals surface area contributed by atoms with Crippen LogP contribution in [0.5, 0.6) is 0 Å². The first-order valence-corrected chi connectivity index (χ1v) is 9.82. The van der Waals surface area contributed by atoms with E-state index in [9.17, 15) is 14.4 Å². The number of rotatable bonds is 6. The summed E-state index contributed by atoms with van der Waals surface area (Å²) < 4.78 is 9.93. The topological polar surface area (TPSA) is 101 Å². The SMILES string of the molecule is CCOC(=O)C1CCN(CC(=O)Nc2c(C(=O)OC)[nH]c3cc(C)ccc23)CC1. The number of H-pyrrole nitrogens is 1. The summed E-state index contributed by atoms with van der Waals surface area (Å²) in [5, 5.41) is 3.62. The van der Waals surface area contributed by atoms with Gasteiger partial charge in [0.25, 0.3) is 0 Å². The zero-order valence-corrected chi connectivity index (χ0v) is 17.0. The maximum absolute atomic E-state index is 12.7. The van der Waals surface area contributed by atoms with Gasteiger partial charge in [0, 0.05) is 10.9 Å². The molecule has 8 nitrogen and oxygen atoms in total. The fraction of sp³-hybridized carbons (Fsp3) is 0.476. The molecule has 29 heavy (non-hydrogen) atoms. The van der Waals surface area contributed by atoms with E-state index >= 15 is 0 Å². The molecule has 1 aliphatic heterocycles. The first-order chi connectivity index (χ1) is 13.9. The van der Waals surface area contributed by atoms with Gasteiger partial charge in [0.15, 0.2) is 0 Å². The Morgan fingerprint density at radius 2 is 1.97 bits per heavy atom. The highest BCUT2D eigenvalue weighted by atomic mass is 16.5. The van der Waals surface area contributed by atoms with Crippen molar-refractivity contribution in [3.8, 4) is 0 Å². The lowest BCUT2D eigenvalue weighted by atomic mass is 9.97. The number of nitrogens with zero attached hydrogens (tertiary/aromatic N) is 1. The molecule has 1 aromatic heterocycles. The van der Waals surface area contributed by atoms with Crippen LogP contribution in [0.25, 0.3) is 10.9 Å². The van der Waals surface area contributed by atoms with E-state index in [1.54, 1.807) is 6.92 Å². The van der Waals surface area contributed by atoms with Crippen molar-refractivity contribution in [2.75, 3.05) is 38.7 Å². The van der Waals surface area contributed by atoms with Crippen LogP contribution in [0.2, 0.25) is 0 Å². The molecular weight excluding hydrogens is 374 g/mol. The van der Waals surface area contributed by atoms with E-state index in [-0.39, 0.29) is 30.0 Å². The van der Waals surface area contributed by atoms with Gasteiger partial charge in [-0.2, -0.15) is 0 Å². The van der Waals surface area contributed by atoms with Crippen LogP contribution in [-0.2, 0) is 19.1 Å². The normalized spacial score (nSPS) is 15.3. The van der Waals surface area contributed by atoms with Crippen molar-refractivity contribution in [2.45, 2.75) is 26.7 Å². The number of carbonyl (C=O) groups is 3. The molecule has 2 aromatic rings. The molecule has 3 rings (SSSR count). The third-order valence-corrected chi connectivity index (χ3v) is 5.18. The predicted molar refractivity (Wildman–Crippen MR) is 109 cm³/mol. The van der Waals surface area contributed by atoms with Crippen molar-refractivity contribution in [3.05, 3.63) is 29.5 Å². The third kappa shape index (κ3) is 4.76. The monoisotopic (exact) mass is 401 g/mol. The summed E-state index contributed by atoms with van der Waals surface area (Å²) in [4.78, 5) is 41.7. The fourth-order valence-corrected chi connectivity index (χ4v) is 3.67. The maximum atomic E-state index is 12.7. The molecule has 1 aliphatic rings. The van der Waals surface area contributed by atoms with Crippen molar-refractivity contribution in [1.29, 1.82) is 0 Å². The predicted octanol–water partition coefficient (Wildman–Crippen LogP) is 2.48. The molecule has 0 saturated carbocycles. The zero-order valence-electron chi connectivity index (χ0n) is 17.0. The van der Waals surface area contributed by atoms with Gasteiger partial charge < -0.3 is 19.8 Å². The van der Waals surface area contributed by atoms with Gasteiger partial charge in [-0.3, -0.25) is 14.5 Å². The Bertz CT molecular complexity index is 912. The number of aromatic nitrogens is 1. The Labute approximate surface area is 169 Å². The van der Waals surface area contributed by atoms with Gasteiger partial charge in [-0.1, -0.05) is 12.1 Å². The van der Waals surface area contributed by atoms with E-state index in [1.807, 2.05) is 30.0 Å². The number of fused-ring (bicyclic) bond motifs is 1. The highest BCUT2D eigenvalue weighted by Gasteiger charge is 2.27. The molecule has 1 aromatic carbocycles. The average Bonchev–Trinajstić information content (AvgIpc) is 3.05. The molecule has 0 spiro atoms. The van der Waals surface area contributed by atoms with Crippen molar-refractivity contribution in [1.82, 2.24) is 9.88 Å². The van der Waals surface area contributed by atoms with Crippen LogP contribution in [-0.4, -0.2) is 61.1 Å². The Morgan fingerprint density at radius 3 is 2.62 bits per heavy atom. The Balaban J connectivity index is 1.67. The number of likely N-dealkylation sites (tertiary alicyclic amines) is 1. The molecule has 1 fully saturated rings. The molecule has 156 valence electrons. The zero-order chi connectivity index (χ0) is 21.0. The number of methoxy groups -OCH3 is 1. The minimum Gasteiger partial charge on any atom is -0.466 e. The number of piperidine rings is 1. The minimum absolute atomic E-state index is 0.1000. The number of carbonyl (C=O) groups excluding carboxylic acids is 3. The lowest BCUT2D eigenvalue weighted by molar-refractivity contribution is -0.149. The maximum Gasteiger partial charge on any atom is 0.356 e. The van der Waals surface area contributed by atoms with E-state index < -0.39 is 5.97 Å². The Kier molecular flexibility index (Phi) is 6.53. The van der Waals surface area contributed by atoms with Crippen molar-refractivity contribution >= 4 is 34.4 Å².